The van der Waals surface area contributed by atoms with Gasteiger partial charge in [-0.15, -0.1) is 0 Å². The summed E-state index contributed by atoms with van der Waals surface area (Å²) in [6.07, 6.45) is 63.4. The number of allylic oxidation sites excluding steroid dienone is 12. The lowest BCUT2D eigenvalue weighted by atomic mass is 10.1. The van der Waals surface area contributed by atoms with Crippen LogP contribution in [0, 0.1) is 0 Å². The van der Waals surface area contributed by atoms with Gasteiger partial charge < -0.3 is 14.2 Å². The first kappa shape index (κ1) is 58.9. The number of esters is 3. The maximum atomic E-state index is 12.7. The largest absolute Gasteiger partial charge is 0.462 e. The molecular weight excluding hydrogens is 769 g/mol. The second-order valence-electron chi connectivity index (χ2n) is 17.1. The topological polar surface area (TPSA) is 78.9 Å². The Morgan fingerprint density at radius 2 is 0.629 bits per heavy atom. The summed E-state index contributed by atoms with van der Waals surface area (Å²) >= 11 is 0. The van der Waals surface area contributed by atoms with E-state index in [0.717, 1.165) is 103 Å². The second-order valence-corrected chi connectivity index (χ2v) is 17.1. The Morgan fingerprint density at radius 3 is 0.984 bits per heavy atom. The summed E-state index contributed by atoms with van der Waals surface area (Å²) in [5, 5.41) is 0. The van der Waals surface area contributed by atoms with Gasteiger partial charge in [-0.1, -0.05) is 229 Å². The van der Waals surface area contributed by atoms with E-state index in [-0.39, 0.29) is 31.1 Å². The lowest BCUT2D eigenvalue weighted by molar-refractivity contribution is -0.167. The van der Waals surface area contributed by atoms with Crippen LogP contribution in [0.4, 0.5) is 0 Å². The number of hydrogen-bond donors (Lipinski definition) is 0. The fourth-order valence-electron chi connectivity index (χ4n) is 7.09. The van der Waals surface area contributed by atoms with Gasteiger partial charge in [0.1, 0.15) is 13.2 Å². The standard InChI is InChI=1S/C56H96O6/c1-4-7-10-13-16-19-20-21-22-23-24-25-26-27-28-29-30-31-32-33-34-35-36-38-40-43-46-49-55(58)61-52-53(51-60-54(57)48-45-42-39-18-15-12-9-6-3)62-56(59)50-47-44-41-37-17-14-11-8-5-2/h7,10,16,19,21-22,24-25,27-28,30-31,53H,4-6,8-9,11-15,17-18,20,23,26,29,32-52H2,1-3H3/b10-7-,19-16-,22-21-,25-24-,28-27-,31-30-. The van der Waals surface area contributed by atoms with Crippen LogP contribution in [0.3, 0.4) is 0 Å². The zero-order chi connectivity index (χ0) is 45.1. The first-order valence-corrected chi connectivity index (χ1v) is 25.9. The van der Waals surface area contributed by atoms with Gasteiger partial charge in [-0.05, 0) is 70.6 Å². The zero-order valence-electron chi connectivity index (χ0n) is 40.6. The molecule has 0 aliphatic rings. The molecule has 0 N–H and O–H groups in total. The molecule has 0 spiro atoms. The van der Waals surface area contributed by atoms with Crippen LogP contribution in [0.15, 0.2) is 72.9 Å². The Kier molecular flexibility index (Phi) is 47.9. The van der Waals surface area contributed by atoms with E-state index in [0.29, 0.717) is 19.3 Å². The number of rotatable bonds is 46. The van der Waals surface area contributed by atoms with Crippen molar-refractivity contribution in [2.24, 2.45) is 0 Å². The minimum atomic E-state index is -0.771. The molecule has 1 unspecified atom stereocenters. The molecule has 1 atom stereocenters. The normalized spacial score (nSPS) is 12.6. The minimum absolute atomic E-state index is 0.0754. The van der Waals surface area contributed by atoms with Gasteiger partial charge in [0.15, 0.2) is 6.10 Å². The zero-order valence-corrected chi connectivity index (χ0v) is 40.6. The highest BCUT2D eigenvalue weighted by molar-refractivity contribution is 5.71. The smallest absolute Gasteiger partial charge is 0.306 e. The number of ether oxygens (including phenoxy) is 3. The molecule has 0 rings (SSSR count). The molecule has 0 saturated heterocycles. The third kappa shape index (κ3) is 47.9. The number of hydrogen-bond acceptors (Lipinski definition) is 6. The quantitative estimate of drug-likeness (QED) is 0.0262. The fourth-order valence-corrected chi connectivity index (χ4v) is 7.09. The van der Waals surface area contributed by atoms with Crippen LogP contribution in [0.5, 0.6) is 0 Å². The van der Waals surface area contributed by atoms with Gasteiger partial charge in [0.2, 0.25) is 0 Å². The lowest BCUT2D eigenvalue weighted by Gasteiger charge is -2.18. The van der Waals surface area contributed by atoms with E-state index in [9.17, 15) is 14.4 Å². The average Bonchev–Trinajstić information content (AvgIpc) is 3.27. The van der Waals surface area contributed by atoms with Crippen LogP contribution >= 0.6 is 0 Å². The van der Waals surface area contributed by atoms with E-state index in [1.54, 1.807) is 0 Å². The summed E-state index contributed by atoms with van der Waals surface area (Å²) in [6, 6.07) is 0. The first-order valence-electron chi connectivity index (χ1n) is 25.9. The molecule has 6 heteroatoms. The minimum Gasteiger partial charge on any atom is -0.462 e. The Labute approximate surface area is 382 Å². The molecule has 6 nitrogen and oxygen atoms in total. The van der Waals surface area contributed by atoms with Crippen molar-refractivity contribution in [2.45, 2.75) is 252 Å². The van der Waals surface area contributed by atoms with Crippen LogP contribution in [-0.2, 0) is 28.6 Å². The molecule has 0 heterocycles. The van der Waals surface area contributed by atoms with Crippen LogP contribution in [0.25, 0.3) is 0 Å². The predicted octanol–water partition coefficient (Wildman–Crippen LogP) is 17.0. The van der Waals surface area contributed by atoms with Crippen LogP contribution < -0.4 is 0 Å². The van der Waals surface area contributed by atoms with Crippen molar-refractivity contribution in [1.82, 2.24) is 0 Å². The molecule has 0 saturated carbocycles. The molecule has 356 valence electrons. The van der Waals surface area contributed by atoms with E-state index in [2.05, 4.69) is 93.7 Å². The van der Waals surface area contributed by atoms with Crippen LogP contribution in [0.1, 0.15) is 245 Å². The maximum absolute atomic E-state index is 12.7. The third-order valence-corrected chi connectivity index (χ3v) is 11.0. The van der Waals surface area contributed by atoms with Gasteiger partial charge in [0.05, 0.1) is 0 Å². The van der Waals surface area contributed by atoms with Crippen molar-refractivity contribution in [3.8, 4) is 0 Å². The van der Waals surface area contributed by atoms with E-state index in [1.165, 1.54) is 103 Å². The Hall–Kier alpha value is -3.15. The second kappa shape index (κ2) is 50.5. The molecule has 0 aromatic heterocycles. The molecule has 0 aromatic rings. The van der Waals surface area contributed by atoms with Gasteiger partial charge in [-0.3, -0.25) is 14.4 Å². The van der Waals surface area contributed by atoms with E-state index in [1.807, 2.05) is 0 Å². The summed E-state index contributed by atoms with van der Waals surface area (Å²) in [5.41, 5.74) is 0. The van der Waals surface area contributed by atoms with E-state index in [4.69, 9.17) is 14.2 Å². The predicted molar refractivity (Wildman–Crippen MR) is 265 cm³/mol. The highest BCUT2D eigenvalue weighted by Gasteiger charge is 2.19. The molecule has 0 aliphatic heterocycles. The van der Waals surface area contributed by atoms with Gasteiger partial charge in [0.25, 0.3) is 0 Å². The average molecular weight is 865 g/mol. The lowest BCUT2D eigenvalue weighted by Crippen LogP contribution is -2.30. The van der Waals surface area contributed by atoms with Gasteiger partial charge >= 0.3 is 17.9 Å². The highest BCUT2D eigenvalue weighted by Crippen LogP contribution is 2.14. The third-order valence-electron chi connectivity index (χ3n) is 11.0. The summed E-state index contributed by atoms with van der Waals surface area (Å²) in [4.78, 5) is 37.7. The SMILES string of the molecule is CC/C=C\C/C=C\C/C=C\C/C=C\C/C=C\C/C=C\CCCCCCCCCCC(=O)OCC(COC(=O)CCCCCCCCCC)OC(=O)CCCCCCCCCCC. The van der Waals surface area contributed by atoms with Crippen molar-refractivity contribution in [1.29, 1.82) is 0 Å². The van der Waals surface area contributed by atoms with Crippen LogP contribution in [-0.4, -0.2) is 37.2 Å². The number of carbonyl (C=O) groups is 3. The summed E-state index contributed by atoms with van der Waals surface area (Å²) < 4.78 is 16.7. The summed E-state index contributed by atoms with van der Waals surface area (Å²) in [5.74, 6) is -0.890. The number of carbonyl (C=O) groups excluding carboxylic acids is 3. The Morgan fingerprint density at radius 1 is 0.339 bits per heavy atom. The highest BCUT2D eigenvalue weighted by atomic mass is 16.6. The molecule has 0 aliphatic carbocycles. The summed E-state index contributed by atoms with van der Waals surface area (Å²) in [6.45, 7) is 6.46. The maximum Gasteiger partial charge on any atom is 0.306 e. The molecule has 0 aromatic carbocycles. The Balaban J connectivity index is 4.14. The summed E-state index contributed by atoms with van der Waals surface area (Å²) in [7, 11) is 0. The van der Waals surface area contributed by atoms with Crippen molar-refractivity contribution in [3.63, 3.8) is 0 Å². The van der Waals surface area contributed by atoms with E-state index < -0.39 is 6.10 Å². The van der Waals surface area contributed by atoms with Crippen molar-refractivity contribution in [2.75, 3.05) is 13.2 Å². The van der Waals surface area contributed by atoms with Crippen molar-refractivity contribution < 1.29 is 28.6 Å². The van der Waals surface area contributed by atoms with Gasteiger partial charge in [-0.2, -0.15) is 0 Å². The first-order chi connectivity index (χ1) is 30.5. The van der Waals surface area contributed by atoms with Gasteiger partial charge in [0, 0.05) is 19.3 Å². The molecular formula is C56H96O6. The molecule has 62 heavy (non-hydrogen) atoms. The molecule has 0 amide bonds. The monoisotopic (exact) mass is 865 g/mol. The molecule has 0 fully saturated rings. The Bertz CT molecular complexity index is 1180. The fraction of sp³-hybridized carbons (Fsp3) is 0.732. The van der Waals surface area contributed by atoms with Gasteiger partial charge in [-0.25, -0.2) is 0 Å². The molecule has 0 bridgehead atoms. The molecule has 0 radical (unpaired) electrons. The number of unbranched alkanes of at least 4 members (excludes halogenated alkanes) is 23. The van der Waals surface area contributed by atoms with Crippen LogP contribution in [0.2, 0.25) is 0 Å². The van der Waals surface area contributed by atoms with Crippen molar-refractivity contribution in [3.05, 3.63) is 72.9 Å². The van der Waals surface area contributed by atoms with Crippen molar-refractivity contribution >= 4 is 17.9 Å². The van der Waals surface area contributed by atoms with E-state index >= 15 is 0 Å².